The standard InChI is InChI=1S/C22H21ClFN5O2/c23-16-3-1-15(2-4-16)20-13-29-19(14-31-20)21(25-26-29)22(30)28-11-9-27(10-12-28)18-7-5-17(24)6-8-18/h1-8,20H,9-14H2/t20-/m1/s1. The van der Waals surface area contributed by atoms with Gasteiger partial charge in [-0.1, -0.05) is 28.9 Å². The number of amides is 1. The smallest absolute Gasteiger partial charge is 0.276 e. The summed E-state index contributed by atoms with van der Waals surface area (Å²) in [5, 5.41) is 9.05. The Bertz CT molecular complexity index is 1080. The maximum Gasteiger partial charge on any atom is 0.276 e. The van der Waals surface area contributed by atoms with Crippen LogP contribution in [0.4, 0.5) is 10.1 Å². The zero-order valence-corrected chi connectivity index (χ0v) is 17.5. The fourth-order valence-electron chi connectivity index (χ4n) is 4.03. The van der Waals surface area contributed by atoms with Crippen molar-refractivity contribution in [1.29, 1.82) is 0 Å². The van der Waals surface area contributed by atoms with Crippen LogP contribution in [-0.4, -0.2) is 52.0 Å². The Morgan fingerprint density at radius 3 is 2.45 bits per heavy atom. The van der Waals surface area contributed by atoms with Gasteiger partial charge in [0.05, 0.1) is 18.8 Å². The summed E-state index contributed by atoms with van der Waals surface area (Å²) < 4.78 is 20.9. The Kier molecular flexibility index (Phi) is 5.33. The predicted molar refractivity (Wildman–Crippen MR) is 114 cm³/mol. The van der Waals surface area contributed by atoms with Crippen molar-refractivity contribution < 1.29 is 13.9 Å². The van der Waals surface area contributed by atoms with E-state index in [9.17, 15) is 9.18 Å². The number of anilines is 1. The second-order valence-electron chi connectivity index (χ2n) is 7.67. The summed E-state index contributed by atoms with van der Waals surface area (Å²) in [5.74, 6) is -0.385. The maximum atomic E-state index is 13.2. The van der Waals surface area contributed by atoms with Crippen LogP contribution in [0.15, 0.2) is 48.5 Å². The number of benzene rings is 2. The van der Waals surface area contributed by atoms with E-state index in [1.807, 2.05) is 24.3 Å². The number of halogens is 2. The lowest BCUT2D eigenvalue weighted by Crippen LogP contribution is -2.49. The molecule has 0 bridgehead atoms. The number of piperazine rings is 1. The fraction of sp³-hybridized carbons (Fsp3) is 0.318. The molecule has 0 radical (unpaired) electrons. The molecule has 7 nitrogen and oxygen atoms in total. The summed E-state index contributed by atoms with van der Waals surface area (Å²) in [6.07, 6.45) is -0.159. The Labute approximate surface area is 184 Å². The average Bonchev–Trinajstić information content (AvgIpc) is 3.23. The number of aromatic nitrogens is 3. The van der Waals surface area contributed by atoms with E-state index in [1.54, 1.807) is 21.7 Å². The number of carbonyl (C=O) groups is 1. The molecule has 0 aliphatic carbocycles. The molecule has 9 heteroatoms. The molecule has 2 aliphatic rings. The van der Waals surface area contributed by atoms with Crippen molar-refractivity contribution in [3.8, 4) is 0 Å². The van der Waals surface area contributed by atoms with Crippen LogP contribution in [0.2, 0.25) is 5.02 Å². The largest absolute Gasteiger partial charge is 0.368 e. The Balaban J connectivity index is 1.24. The molecule has 0 N–H and O–H groups in total. The molecule has 3 heterocycles. The minimum atomic E-state index is -0.254. The van der Waals surface area contributed by atoms with Crippen LogP contribution in [0.25, 0.3) is 0 Å². The van der Waals surface area contributed by atoms with Crippen LogP contribution in [0.1, 0.15) is 27.8 Å². The predicted octanol–water partition coefficient (Wildman–Crippen LogP) is 3.30. The third-order valence-electron chi connectivity index (χ3n) is 5.80. The number of ether oxygens (including phenoxy) is 1. The molecule has 0 unspecified atom stereocenters. The molecule has 1 fully saturated rings. The third kappa shape index (κ3) is 4.00. The van der Waals surface area contributed by atoms with E-state index in [-0.39, 0.29) is 24.4 Å². The van der Waals surface area contributed by atoms with Crippen LogP contribution in [0.5, 0.6) is 0 Å². The summed E-state index contributed by atoms with van der Waals surface area (Å²) in [6, 6.07) is 14.0. The van der Waals surface area contributed by atoms with Crippen LogP contribution in [0.3, 0.4) is 0 Å². The second kappa shape index (κ2) is 8.28. The van der Waals surface area contributed by atoms with Gasteiger partial charge in [0.25, 0.3) is 5.91 Å². The fourth-order valence-corrected chi connectivity index (χ4v) is 4.15. The van der Waals surface area contributed by atoms with Crippen molar-refractivity contribution in [2.24, 2.45) is 0 Å². The van der Waals surface area contributed by atoms with Crippen LogP contribution < -0.4 is 4.90 Å². The van der Waals surface area contributed by atoms with Crippen molar-refractivity contribution in [3.05, 3.63) is 76.3 Å². The Morgan fingerprint density at radius 1 is 1.03 bits per heavy atom. The van der Waals surface area contributed by atoms with Crippen molar-refractivity contribution >= 4 is 23.2 Å². The summed E-state index contributed by atoms with van der Waals surface area (Å²) in [7, 11) is 0. The van der Waals surface area contributed by atoms with E-state index < -0.39 is 0 Å². The summed E-state index contributed by atoms with van der Waals surface area (Å²) in [4.78, 5) is 17.0. The molecule has 1 saturated heterocycles. The maximum absolute atomic E-state index is 13.2. The van der Waals surface area contributed by atoms with Crippen molar-refractivity contribution in [2.45, 2.75) is 19.3 Å². The van der Waals surface area contributed by atoms with Gasteiger partial charge in [0.2, 0.25) is 0 Å². The van der Waals surface area contributed by atoms with Gasteiger partial charge in [-0.3, -0.25) is 4.79 Å². The average molecular weight is 442 g/mol. The van der Waals surface area contributed by atoms with Gasteiger partial charge in [0.1, 0.15) is 11.9 Å². The number of hydrogen-bond acceptors (Lipinski definition) is 5. The van der Waals surface area contributed by atoms with E-state index in [2.05, 4.69) is 15.2 Å². The van der Waals surface area contributed by atoms with Gasteiger partial charge in [-0.05, 0) is 42.0 Å². The van der Waals surface area contributed by atoms with Gasteiger partial charge in [0, 0.05) is 36.9 Å². The zero-order valence-electron chi connectivity index (χ0n) is 16.7. The number of nitrogens with zero attached hydrogens (tertiary/aromatic N) is 5. The normalized spacial score (nSPS) is 18.7. The second-order valence-corrected chi connectivity index (χ2v) is 8.11. The highest BCUT2D eigenvalue weighted by Gasteiger charge is 2.31. The van der Waals surface area contributed by atoms with Gasteiger partial charge in [-0.15, -0.1) is 5.10 Å². The van der Waals surface area contributed by atoms with E-state index in [1.165, 1.54) is 12.1 Å². The SMILES string of the molecule is O=C(c1nnn2c1CO[C@@H](c1ccc(Cl)cc1)C2)N1CCN(c2ccc(F)cc2)CC1. The monoisotopic (exact) mass is 441 g/mol. The van der Waals surface area contributed by atoms with Crippen molar-refractivity contribution in [3.63, 3.8) is 0 Å². The number of hydrogen-bond donors (Lipinski definition) is 0. The van der Waals surface area contributed by atoms with Gasteiger partial charge in [-0.25, -0.2) is 9.07 Å². The van der Waals surface area contributed by atoms with Gasteiger partial charge in [0.15, 0.2) is 5.69 Å². The molecule has 2 aliphatic heterocycles. The van der Waals surface area contributed by atoms with E-state index in [0.717, 1.165) is 11.3 Å². The van der Waals surface area contributed by atoms with Gasteiger partial charge < -0.3 is 14.5 Å². The van der Waals surface area contributed by atoms with Gasteiger partial charge >= 0.3 is 0 Å². The third-order valence-corrected chi connectivity index (χ3v) is 6.05. The molecule has 0 spiro atoms. The molecule has 0 saturated carbocycles. The summed E-state index contributed by atoms with van der Waals surface area (Å²) in [5.41, 5.74) is 3.02. The van der Waals surface area contributed by atoms with Crippen LogP contribution >= 0.6 is 11.6 Å². The number of fused-ring (bicyclic) bond motifs is 1. The minimum absolute atomic E-state index is 0.131. The quantitative estimate of drug-likeness (QED) is 0.624. The molecule has 160 valence electrons. The van der Waals surface area contributed by atoms with E-state index >= 15 is 0 Å². The molecule has 1 amide bonds. The summed E-state index contributed by atoms with van der Waals surface area (Å²) >= 11 is 5.97. The highest BCUT2D eigenvalue weighted by Crippen LogP contribution is 2.28. The molecule has 31 heavy (non-hydrogen) atoms. The van der Waals surface area contributed by atoms with Crippen molar-refractivity contribution in [1.82, 2.24) is 19.9 Å². The lowest BCUT2D eigenvalue weighted by molar-refractivity contribution is -0.00196. The Hall–Kier alpha value is -2.97. The highest BCUT2D eigenvalue weighted by atomic mass is 35.5. The first kappa shape index (κ1) is 20.0. The summed E-state index contributed by atoms with van der Waals surface area (Å²) in [6.45, 7) is 3.26. The molecule has 1 aromatic heterocycles. The molecule has 5 rings (SSSR count). The molecule has 1 atom stereocenters. The molecule has 2 aromatic carbocycles. The Morgan fingerprint density at radius 2 is 1.74 bits per heavy atom. The lowest BCUT2D eigenvalue weighted by Gasteiger charge is -2.36. The minimum Gasteiger partial charge on any atom is -0.368 e. The first-order chi connectivity index (χ1) is 15.1. The number of carbonyl (C=O) groups excluding carboxylic acids is 1. The van der Waals surface area contributed by atoms with Crippen LogP contribution in [0, 0.1) is 5.82 Å². The van der Waals surface area contributed by atoms with E-state index in [0.29, 0.717) is 49.1 Å². The van der Waals surface area contributed by atoms with Crippen LogP contribution in [-0.2, 0) is 17.9 Å². The molecule has 3 aromatic rings. The highest BCUT2D eigenvalue weighted by molar-refractivity contribution is 6.30. The molecular formula is C22H21ClFN5O2. The van der Waals surface area contributed by atoms with Gasteiger partial charge in [-0.2, -0.15) is 0 Å². The van der Waals surface area contributed by atoms with Crippen molar-refractivity contribution in [2.75, 3.05) is 31.1 Å². The lowest BCUT2D eigenvalue weighted by atomic mass is 10.1. The first-order valence-electron chi connectivity index (χ1n) is 10.2. The first-order valence-corrected chi connectivity index (χ1v) is 10.6. The number of rotatable bonds is 3. The zero-order chi connectivity index (χ0) is 21.4. The molecular weight excluding hydrogens is 421 g/mol. The topological polar surface area (TPSA) is 63.5 Å². The van der Waals surface area contributed by atoms with E-state index in [4.69, 9.17) is 16.3 Å².